The van der Waals surface area contributed by atoms with E-state index in [-0.39, 0.29) is 0 Å². The summed E-state index contributed by atoms with van der Waals surface area (Å²) in [5.74, 6) is 1.83. The van der Waals surface area contributed by atoms with Crippen LogP contribution in [0, 0.1) is 19.8 Å². The quantitative estimate of drug-likeness (QED) is 0.843. The summed E-state index contributed by atoms with van der Waals surface area (Å²) in [6.45, 7) is 11.0. The SMILES string of the molecule is CCc1cc(O)c(C)c(C)c1OCC(C)C. The Morgan fingerprint density at radius 1 is 1.25 bits per heavy atom. The first kappa shape index (κ1) is 12.9. The Labute approximate surface area is 98.3 Å². The zero-order valence-electron chi connectivity index (χ0n) is 10.9. The summed E-state index contributed by atoms with van der Waals surface area (Å²) in [5, 5.41) is 9.76. The number of phenols is 1. The summed E-state index contributed by atoms with van der Waals surface area (Å²) in [6, 6.07) is 1.82. The van der Waals surface area contributed by atoms with Crippen LogP contribution in [-0.2, 0) is 6.42 Å². The molecule has 0 heterocycles. The van der Waals surface area contributed by atoms with E-state index in [4.69, 9.17) is 4.74 Å². The molecule has 0 fully saturated rings. The average molecular weight is 222 g/mol. The van der Waals surface area contributed by atoms with Crippen LogP contribution in [0.4, 0.5) is 0 Å². The molecule has 0 unspecified atom stereocenters. The van der Waals surface area contributed by atoms with Crippen LogP contribution in [0.15, 0.2) is 6.07 Å². The van der Waals surface area contributed by atoms with Gasteiger partial charge in [-0.25, -0.2) is 0 Å². The highest BCUT2D eigenvalue weighted by Gasteiger charge is 2.12. The molecule has 90 valence electrons. The number of rotatable bonds is 4. The molecule has 2 nitrogen and oxygen atoms in total. The van der Waals surface area contributed by atoms with E-state index in [1.165, 1.54) is 0 Å². The summed E-state index contributed by atoms with van der Waals surface area (Å²) in [4.78, 5) is 0. The molecule has 0 aromatic heterocycles. The molecule has 0 amide bonds. The lowest BCUT2D eigenvalue weighted by atomic mass is 10.0. The first-order valence-electron chi connectivity index (χ1n) is 5.92. The van der Waals surface area contributed by atoms with E-state index < -0.39 is 0 Å². The van der Waals surface area contributed by atoms with Gasteiger partial charge in [-0.2, -0.15) is 0 Å². The molecule has 1 aromatic carbocycles. The molecule has 0 aliphatic carbocycles. The summed E-state index contributed by atoms with van der Waals surface area (Å²) < 4.78 is 5.84. The van der Waals surface area contributed by atoms with E-state index in [1.54, 1.807) is 0 Å². The van der Waals surface area contributed by atoms with Crippen molar-refractivity contribution in [3.63, 3.8) is 0 Å². The Balaban J connectivity index is 3.09. The maximum absolute atomic E-state index is 9.76. The van der Waals surface area contributed by atoms with Gasteiger partial charge in [-0.15, -0.1) is 0 Å². The van der Waals surface area contributed by atoms with Crippen molar-refractivity contribution in [2.45, 2.75) is 41.0 Å². The molecule has 0 saturated carbocycles. The predicted molar refractivity (Wildman–Crippen MR) is 67.3 cm³/mol. The normalized spacial score (nSPS) is 10.9. The lowest BCUT2D eigenvalue weighted by molar-refractivity contribution is 0.266. The van der Waals surface area contributed by atoms with Crippen LogP contribution in [0.3, 0.4) is 0 Å². The molecular weight excluding hydrogens is 200 g/mol. The first-order chi connectivity index (χ1) is 7.47. The summed E-state index contributed by atoms with van der Waals surface area (Å²) in [5.41, 5.74) is 3.05. The number of aromatic hydroxyl groups is 1. The minimum atomic E-state index is 0.367. The average Bonchev–Trinajstić information content (AvgIpc) is 2.23. The molecule has 16 heavy (non-hydrogen) atoms. The van der Waals surface area contributed by atoms with Crippen LogP contribution in [0.25, 0.3) is 0 Å². The van der Waals surface area contributed by atoms with E-state index in [0.29, 0.717) is 11.7 Å². The highest BCUT2D eigenvalue weighted by molar-refractivity contribution is 5.52. The zero-order chi connectivity index (χ0) is 12.3. The van der Waals surface area contributed by atoms with Crippen molar-refractivity contribution >= 4 is 0 Å². The molecule has 0 aliphatic rings. The number of hydrogen-bond acceptors (Lipinski definition) is 2. The van der Waals surface area contributed by atoms with Gasteiger partial charge in [0.25, 0.3) is 0 Å². The Hall–Kier alpha value is -1.18. The smallest absolute Gasteiger partial charge is 0.125 e. The van der Waals surface area contributed by atoms with Gasteiger partial charge in [-0.1, -0.05) is 20.8 Å². The van der Waals surface area contributed by atoms with Gasteiger partial charge in [0.15, 0.2) is 0 Å². The second-order valence-electron chi connectivity index (χ2n) is 4.69. The number of aryl methyl sites for hydroxylation is 1. The molecular formula is C14H22O2. The lowest BCUT2D eigenvalue weighted by Gasteiger charge is -2.17. The highest BCUT2D eigenvalue weighted by atomic mass is 16.5. The van der Waals surface area contributed by atoms with Gasteiger partial charge in [0.1, 0.15) is 11.5 Å². The Morgan fingerprint density at radius 3 is 2.38 bits per heavy atom. The van der Waals surface area contributed by atoms with Gasteiger partial charge in [0.2, 0.25) is 0 Å². The first-order valence-corrected chi connectivity index (χ1v) is 5.92. The Morgan fingerprint density at radius 2 is 1.88 bits per heavy atom. The number of phenolic OH excluding ortho intramolecular Hbond substituents is 1. The van der Waals surface area contributed by atoms with E-state index in [2.05, 4.69) is 20.8 Å². The van der Waals surface area contributed by atoms with Crippen LogP contribution < -0.4 is 4.74 Å². The largest absolute Gasteiger partial charge is 0.508 e. The third-order valence-electron chi connectivity index (χ3n) is 2.83. The molecule has 0 spiro atoms. The second-order valence-corrected chi connectivity index (χ2v) is 4.69. The van der Waals surface area contributed by atoms with E-state index >= 15 is 0 Å². The third kappa shape index (κ3) is 2.69. The Kier molecular flexibility index (Phi) is 4.22. The molecule has 0 atom stereocenters. The standard InChI is InChI=1S/C14H22O2/c1-6-12-7-13(15)10(4)11(5)14(12)16-8-9(2)3/h7,9,15H,6,8H2,1-5H3. The number of hydrogen-bond donors (Lipinski definition) is 1. The van der Waals surface area contributed by atoms with Crippen LogP contribution in [0.1, 0.15) is 37.5 Å². The van der Waals surface area contributed by atoms with Crippen molar-refractivity contribution in [3.05, 3.63) is 22.8 Å². The van der Waals surface area contributed by atoms with E-state index in [1.807, 2.05) is 19.9 Å². The minimum Gasteiger partial charge on any atom is -0.508 e. The zero-order valence-corrected chi connectivity index (χ0v) is 10.9. The fourth-order valence-electron chi connectivity index (χ4n) is 1.66. The minimum absolute atomic E-state index is 0.367. The van der Waals surface area contributed by atoms with Crippen LogP contribution in [0.2, 0.25) is 0 Å². The molecule has 1 rings (SSSR count). The van der Waals surface area contributed by atoms with Crippen molar-refractivity contribution in [1.29, 1.82) is 0 Å². The molecule has 0 aliphatic heterocycles. The van der Waals surface area contributed by atoms with Crippen molar-refractivity contribution in [2.24, 2.45) is 5.92 Å². The van der Waals surface area contributed by atoms with Gasteiger partial charge >= 0.3 is 0 Å². The van der Waals surface area contributed by atoms with E-state index in [0.717, 1.165) is 35.5 Å². The van der Waals surface area contributed by atoms with Crippen LogP contribution >= 0.6 is 0 Å². The maximum atomic E-state index is 9.76. The summed E-state index contributed by atoms with van der Waals surface area (Å²) in [6.07, 6.45) is 0.877. The van der Waals surface area contributed by atoms with Crippen molar-refractivity contribution in [3.8, 4) is 11.5 Å². The summed E-state index contributed by atoms with van der Waals surface area (Å²) >= 11 is 0. The Bertz CT molecular complexity index is 367. The lowest BCUT2D eigenvalue weighted by Crippen LogP contribution is -2.08. The van der Waals surface area contributed by atoms with Crippen molar-refractivity contribution < 1.29 is 9.84 Å². The number of benzene rings is 1. The maximum Gasteiger partial charge on any atom is 0.125 e. The molecule has 0 radical (unpaired) electrons. The van der Waals surface area contributed by atoms with E-state index in [9.17, 15) is 5.11 Å². The van der Waals surface area contributed by atoms with Crippen molar-refractivity contribution in [2.75, 3.05) is 6.61 Å². The molecule has 0 bridgehead atoms. The van der Waals surface area contributed by atoms with Gasteiger partial charge < -0.3 is 9.84 Å². The summed E-state index contributed by atoms with van der Waals surface area (Å²) in [7, 11) is 0. The molecule has 2 heteroatoms. The van der Waals surface area contributed by atoms with Crippen LogP contribution in [0.5, 0.6) is 11.5 Å². The van der Waals surface area contributed by atoms with Gasteiger partial charge in [-0.05, 0) is 48.9 Å². The highest BCUT2D eigenvalue weighted by Crippen LogP contribution is 2.33. The topological polar surface area (TPSA) is 29.5 Å². The monoisotopic (exact) mass is 222 g/mol. The van der Waals surface area contributed by atoms with Gasteiger partial charge in [-0.3, -0.25) is 0 Å². The van der Waals surface area contributed by atoms with Crippen molar-refractivity contribution in [1.82, 2.24) is 0 Å². The number of ether oxygens (including phenoxy) is 1. The molecule has 0 saturated heterocycles. The van der Waals surface area contributed by atoms with Crippen LogP contribution in [-0.4, -0.2) is 11.7 Å². The van der Waals surface area contributed by atoms with Gasteiger partial charge in [0, 0.05) is 0 Å². The third-order valence-corrected chi connectivity index (χ3v) is 2.83. The fraction of sp³-hybridized carbons (Fsp3) is 0.571. The van der Waals surface area contributed by atoms with Gasteiger partial charge in [0.05, 0.1) is 6.61 Å². The molecule has 1 N–H and O–H groups in total. The molecule has 1 aromatic rings. The fourth-order valence-corrected chi connectivity index (χ4v) is 1.66. The predicted octanol–water partition coefficient (Wildman–Crippen LogP) is 3.61. The second kappa shape index (κ2) is 5.24.